The number of nitrogens with zero attached hydrogens (tertiary/aromatic N) is 3. The number of hydrogen-bond donors (Lipinski definition) is 1. The van der Waals surface area contributed by atoms with Crippen molar-refractivity contribution in [1.29, 1.82) is 0 Å². The molecule has 0 bridgehead atoms. The van der Waals surface area contributed by atoms with Crippen LogP contribution in [0.3, 0.4) is 0 Å². The van der Waals surface area contributed by atoms with Gasteiger partial charge >= 0.3 is 0 Å². The summed E-state index contributed by atoms with van der Waals surface area (Å²) in [4.78, 5) is 12.5. The summed E-state index contributed by atoms with van der Waals surface area (Å²) in [6.07, 6.45) is 6.98. The summed E-state index contributed by atoms with van der Waals surface area (Å²) >= 11 is 0. The van der Waals surface area contributed by atoms with Crippen LogP contribution >= 0.6 is 0 Å². The number of aromatic nitrogens is 3. The first-order valence-electron chi connectivity index (χ1n) is 5.97. The van der Waals surface area contributed by atoms with Crippen LogP contribution in [0.5, 0.6) is 0 Å². The van der Waals surface area contributed by atoms with Gasteiger partial charge in [0.25, 0.3) is 0 Å². The average Bonchev–Trinajstić information content (AvgIpc) is 2.49. The normalized spacial score (nSPS) is 19.7. The molecule has 0 saturated carbocycles. The highest BCUT2D eigenvalue weighted by Crippen LogP contribution is 2.20. The molecule has 0 spiro atoms. The van der Waals surface area contributed by atoms with Crippen LogP contribution in [-0.4, -0.2) is 34.6 Å². The third-order valence-electron chi connectivity index (χ3n) is 2.94. The van der Waals surface area contributed by atoms with Crippen LogP contribution in [0.15, 0.2) is 37.1 Å². The maximum atomic E-state index is 5.66. The summed E-state index contributed by atoms with van der Waals surface area (Å²) in [6, 6.07) is 4.03. The molecule has 2 aromatic heterocycles. The zero-order valence-electron chi connectivity index (χ0n) is 9.91. The first-order chi connectivity index (χ1) is 8.93. The molecule has 5 nitrogen and oxygen atoms in total. The predicted octanol–water partition coefficient (Wildman–Crippen LogP) is 1.20. The van der Waals surface area contributed by atoms with Gasteiger partial charge in [-0.3, -0.25) is 4.98 Å². The minimum Gasteiger partial charge on any atom is -0.369 e. The van der Waals surface area contributed by atoms with Crippen molar-refractivity contribution in [3.05, 3.63) is 42.7 Å². The van der Waals surface area contributed by atoms with Crippen LogP contribution in [0, 0.1) is 0 Å². The summed E-state index contributed by atoms with van der Waals surface area (Å²) in [5.41, 5.74) is 2.95. The van der Waals surface area contributed by atoms with Crippen molar-refractivity contribution in [2.75, 3.05) is 19.7 Å². The van der Waals surface area contributed by atoms with Crippen molar-refractivity contribution in [3.63, 3.8) is 0 Å². The smallest absolute Gasteiger partial charge is 0.115 e. The monoisotopic (exact) mass is 242 g/mol. The fraction of sp³-hybridized carbons (Fsp3) is 0.308. The van der Waals surface area contributed by atoms with E-state index in [0.29, 0.717) is 0 Å². The summed E-state index contributed by atoms with van der Waals surface area (Å²) in [6.45, 7) is 2.47. The van der Waals surface area contributed by atoms with Gasteiger partial charge in [-0.2, -0.15) is 0 Å². The molecule has 1 aliphatic rings. The Kier molecular flexibility index (Phi) is 3.25. The van der Waals surface area contributed by atoms with E-state index in [1.165, 1.54) is 6.33 Å². The van der Waals surface area contributed by atoms with Gasteiger partial charge in [-0.1, -0.05) is 6.07 Å². The summed E-state index contributed by atoms with van der Waals surface area (Å²) in [5, 5.41) is 3.29. The molecule has 1 atom stereocenters. The fourth-order valence-corrected chi connectivity index (χ4v) is 1.97. The molecule has 1 fully saturated rings. The maximum Gasteiger partial charge on any atom is 0.115 e. The second kappa shape index (κ2) is 5.20. The summed E-state index contributed by atoms with van der Waals surface area (Å²) in [7, 11) is 0. The minimum atomic E-state index is 0.0554. The Morgan fingerprint density at radius 1 is 1.11 bits per heavy atom. The summed E-state index contributed by atoms with van der Waals surface area (Å²) < 4.78 is 5.66. The molecule has 0 unspecified atom stereocenters. The van der Waals surface area contributed by atoms with Gasteiger partial charge in [0.05, 0.1) is 12.3 Å². The Morgan fingerprint density at radius 3 is 2.67 bits per heavy atom. The highest BCUT2D eigenvalue weighted by atomic mass is 16.5. The predicted molar refractivity (Wildman–Crippen MR) is 66.8 cm³/mol. The lowest BCUT2D eigenvalue weighted by Crippen LogP contribution is -2.33. The zero-order chi connectivity index (χ0) is 12.2. The van der Waals surface area contributed by atoms with Crippen LogP contribution in [0.1, 0.15) is 11.8 Å². The maximum absolute atomic E-state index is 5.66. The number of pyridine rings is 1. The first kappa shape index (κ1) is 11.3. The van der Waals surface area contributed by atoms with Crippen molar-refractivity contribution in [2.45, 2.75) is 6.10 Å². The SMILES string of the molecule is c1ncc(-c2ccc([C@H]3CNCCO3)nc2)cn1. The molecule has 3 heterocycles. The molecule has 0 aliphatic carbocycles. The Labute approximate surface area is 105 Å². The largest absolute Gasteiger partial charge is 0.369 e. The van der Waals surface area contributed by atoms with Gasteiger partial charge in [0, 0.05) is 42.8 Å². The third kappa shape index (κ3) is 2.37. The molecule has 3 rings (SSSR count). The lowest BCUT2D eigenvalue weighted by atomic mass is 10.1. The van der Waals surface area contributed by atoms with Gasteiger partial charge in [0.15, 0.2) is 0 Å². The fourth-order valence-electron chi connectivity index (χ4n) is 1.97. The van der Waals surface area contributed by atoms with E-state index in [-0.39, 0.29) is 6.10 Å². The Hall–Kier alpha value is -1.85. The molecule has 18 heavy (non-hydrogen) atoms. The Balaban J connectivity index is 1.80. The second-order valence-corrected chi connectivity index (χ2v) is 4.16. The van der Waals surface area contributed by atoms with E-state index in [1.54, 1.807) is 12.4 Å². The van der Waals surface area contributed by atoms with E-state index in [1.807, 2.05) is 18.3 Å². The van der Waals surface area contributed by atoms with Crippen molar-refractivity contribution in [3.8, 4) is 11.1 Å². The lowest BCUT2D eigenvalue weighted by molar-refractivity contribution is 0.0250. The van der Waals surface area contributed by atoms with Gasteiger partial charge in [-0.25, -0.2) is 9.97 Å². The van der Waals surface area contributed by atoms with Gasteiger partial charge < -0.3 is 10.1 Å². The number of rotatable bonds is 2. The van der Waals surface area contributed by atoms with Crippen molar-refractivity contribution < 1.29 is 4.74 Å². The number of hydrogen-bond acceptors (Lipinski definition) is 5. The molecular formula is C13H14N4O. The second-order valence-electron chi connectivity index (χ2n) is 4.16. The zero-order valence-corrected chi connectivity index (χ0v) is 9.91. The molecular weight excluding hydrogens is 228 g/mol. The Bertz CT molecular complexity index is 494. The van der Waals surface area contributed by atoms with E-state index in [9.17, 15) is 0 Å². The number of nitrogens with one attached hydrogen (secondary N) is 1. The average molecular weight is 242 g/mol. The molecule has 0 amide bonds. The molecule has 1 aliphatic heterocycles. The van der Waals surface area contributed by atoms with Gasteiger partial charge in [0.2, 0.25) is 0 Å². The van der Waals surface area contributed by atoms with E-state index in [0.717, 1.165) is 36.5 Å². The van der Waals surface area contributed by atoms with Gasteiger partial charge in [0.1, 0.15) is 12.4 Å². The van der Waals surface area contributed by atoms with E-state index in [4.69, 9.17) is 4.74 Å². The first-order valence-corrected chi connectivity index (χ1v) is 5.97. The lowest BCUT2D eigenvalue weighted by Gasteiger charge is -2.23. The molecule has 0 radical (unpaired) electrons. The highest BCUT2D eigenvalue weighted by molar-refractivity contribution is 5.60. The van der Waals surface area contributed by atoms with E-state index in [2.05, 4.69) is 20.3 Å². The number of ether oxygens (including phenoxy) is 1. The molecule has 1 saturated heterocycles. The minimum absolute atomic E-state index is 0.0554. The molecule has 5 heteroatoms. The third-order valence-corrected chi connectivity index (χ3v) is 2.94. The molecule has 2 aromatic rings. The van der Waals surface area contributed by atoms with Crippen LogP contribution in [-0.2, 0) is 4.74 Å². The molecule has 1 N–H and O–H groups in total. The standard InChI is InChI=1S/C13H14N4O/c1-2-12(13-8-14-3-4-18-13)17-7-10(1)11-5-15-9-16-6-11/h1-2,5-7,9,13-14H,3-4,8H2/t13-/m1/s1. The van der Waals surface area contributed by atoms with Crippen LogP contribution in [0.25, 0.3) is 11.1 Å². The van der Waals surface area contributed by atoms with Crippen molar-refractivity contribution >= 4 is 0 Å². The topological polar surface area (TPSA) is 59.9 Å². The quantitative estimate of drug-likeness (QED) is 0.857. The number of morpholine rings is 1. The molecule has 92 valence electrons. The Morgan fingerprint density at radius 2 is 2.00 bits per heavy atom. The van der Waals surface area contributed by atoms with Crippen LogP contribution in [0.4, 0.5) is 0 Å². The van der Waals surface area contributed by atoms with Crippen LogP contribution < -0.4 is 5.32 Å². The van der Waals surface area contributed by atoms with Gasteiger partial charge in [-0.05, 0) is 6.07 Å². The van der Waals surface area contributed by atoms with Crippen molar-refractivity contribution in [2.24, 2.45) is 0 Å². The highest BCUT2D eigenvalue weighted by Gasteiger charge is 2.16. The summed E-state index contributed by atoms with van der Waals surface area (Å²) in [5.74, 6) is 0. The van der Waals surface area contributed by atoms with E-state index < -0.39 is 0 Å². The van der Waals surface area contributed by atoms with Crippen molar-refractivity contribution in [1.82, 2.24) is 20.3 Å². The van der Waals surface area contributed by atoms with Crippen LogP contribution in [0.2, 0.25) is 0 Å². The van der Waals surface area contributed by atoms with E-state index >= 15 is 0 Å². The van der Waals surface area contributed by atoms with Gasteiger partial charge in [-0.15, -0.1) is 0 Å². The molecule has 0 aromatic carbocycles.